The van der Waals surface area contributed by atoms with E-state index in [4.69, 9.17) is 15.6 Å². The lowest BCUT2D eigenvalue weighted by molar-refractivity contribution is -0.122. The summed E-state index contributed by atoms with van der Waals surface area (Å²) in [5, 5.41) is 6.89. The number of allylic oxidation sites excluding steroid dienone is 1. The Labute approximate surface area is 76.7 Å². The minimum Gasteiger partial charge on any atom is -0.483 e. The Morgan fingerprint density at radius 3 is 2.54 bits per heavy atom. The first-order chi connectivity index (χ1) is 6.24. The van der Waals surface area contributed by atoms with Crippen LogP contribution < -0.4 is 5.73 Å². The normalized spacial score (nSPS) is 9.00. The molecule has 0 atom stereocenters. The molecule has 0 saturated carbocycles. The van der Waals surface area contributed by atoms with Gasteiger partial charge < -0.3 is 10.8 Å². The molecule has 1 aromatic heterocycles. The lowest BCUT2D eigenvalue weighted by Crippen LogP contribution is -1.87. The summed E-state index contributed by atoms with van der Waals surface area (Å²) in [6.45, 7) is 1.72. The van der Waals surface area contributed by atoms with Gasteiger partial charge in [0, 0.05) is 6.20 Å². The van der Waals surface area contributed by atoms with Crippen molar-refractivity contribution in [2.45, 2.75) is 6.92 Å². The Morgan fingerprint density at radius 1 is 1.54 bits per heavy atom. The summed E-state index contributed by atoms with van der Waals surface area (Å²) in [6.07, 6.45) is 5.69. The van der Waals surface area contributed by atoms with Crippen molar-refractivity contribution in [3.63, 3.8) is 0 Å². The quantitative estimate of drug-likeness (QED) is 0.640. The van der Waals surface area contributed by atoms with Gasteiger partial charge in [-0.15, -0.1) is 0 Å². The molecule has 0 aliphatic carbocycles. The molecule has 1 rings (SSSR count). The standard InChI is InChI=1S/C8H10N2.CH2O2/c1-2-3-7-4-5-8(9)10-6-7;2-1-3/h2-6H,1H3,(H2,9,10);1H,(H,2,3)/b3-2+;. The molecule has 0 bridgehead atoms. The van der Waals surface area contributed by atoms with Crippen LogP contribution in [0.25, 0.3) is 6.08 Å². The van der Waals surface area contributed by atoms with E-state index in [1.807, 2.05) is 25.1 Å². The Morgan fingerprint density at radius 2 is 2.15 bits per heavy atom. The van der Waals surface area contributed by atoms with Gasteiger partial charge in [-0.1, -0.05) is 12.2 Å². The van der Waals surface area contributed by atoms with E-state index in [-0.39, 0.29) is 6.47 Å². The van der Waals surface area contributed by atoms with E-state index in [0.29, 0.717) is 5.82 Å². The Kier molecular flexibility index (Phi) is 5.88. The number of pyridine rings is 1. The van der Waals surface area contributed by atoms with Crippen LogP contribution in [0.1, 0.15) is 12.5 Å². The van der Waals surface area contributed by atoms with Gasteiger partial charge in [-0.2, -0.15) is 0 Å². The number of carbonyl (C=O) groups is 1. The zero-order chi connectivity index (χ0) is 10.1. The van der Waals surface area contributed by atoms with Crippen molar-refractivity contribution in [3.8, 4) is 0 Å². The van der Waals surface area contributed by atoms with Gasteiger partial charge in [0.25, 0.3) is 6.47 Å². The van der Waals surface area contributed by atoms with Crippen molar-refractivity contribution in [3.05, 3.63) is 30.0 Å². The summed E-state index contributed by atoms with van der Waals surface area (Å²) in [6, 6.07) is 3.72. The van der Waals surface area contributed by atoms with Gasteiger partial charge in [-0.3, -0.25) is 4.79 Å². The highest BCUT2D eigenvalue weighted by Gasteiger charge is 1.85. The van der Waals surface area contributed by atoms with Gasteiger partial charge in [0.05, 0.1) is 0 Å². The van der Waals surface area contributed by atoms with Gasteiger partial charge in [-0.05, 0) is 24.6 Å². The maximum atomic E-state index is 8.36. The molecule has 70 valence electrons. The summed E-state index contributed by atoms with van der Waals surface area (Å²) < 4.78 is 0. The molecule has 0 saturated heterocycles. The molecule has 0 radical (unpaired) electrons. The maximum Gasteiger partial charge on any atom is 0.290 e. The van der Waals surface area contributed by atoms with Crippen LogP contribution in [0.2, 0.25) is 0 Å². The molecule has 3 N–H and O–H groups in total. The zero-order valence-corrected chi connectivity index (χ0v) is 7.34. The molecule has 13 heavy (non-hydrogen) atoms. The van der Waals surface area contributed by atoms with E-state index in [0.717, 1.165) is 5.56 Å². The van der Waals surface area contributed by atoms with Gasteiger partial charge in [-0.25, -0.2) is 4.98 Å². The van der Waals surface area contributed by atoms with Crippen LogP contribution in [0.5, 0.6) is 0 Å². The van der Waals surface area contributed by atoms with Crippen LogP contribution in [0.4, 0.5) is 5.82 Å². The summed E-state index contributed by atoms with van der Waals surface area (Å²) >= 11 is 0. The van der Waals surface area contributed by atoms with E-state index in [2.05, 4.69) is 4.98 Å². The highest BCUT2D eigenvalue weighted by molar-refractivity contribution is 5.49. The average molecular weight is 180 g/mol. The highest BCUT2D eigenvalue weighted by atomic mass is 16.3. The first-order valence-corrected chi connectivity index (χ1v) is 3.66. The SMILES string of the molecule is C/C=C/c1ccc(N)nc1.O=CO. The number of hydrogen-bond donors (Lipinski definition) is 2. The molecular formula is C9H12N2O2. The molecule has 0 fully saturated rings. The van der Waals surface area contributed by atoms with Gasteiger partial charge in [0.15, 0.2) is 0 Å². The van der Waals surface area contributed by atoms with Crippen LogP contribution in [0.15, 0.2) is 24.4 Å². The maximum absolute atomic E-state index is 8.36. The van der Waals surface area contributed by atoms with Crippen LogP contribution in [0, 0.1) is 0 Å². The highest BCUT2D eigenvalue weighted by Crippen LogP contribution is 2.02. The van der Waals surface area contributed by atoms with Crippen LogP contribution in [-0.4, -0.2) is 16.6 Å². The molecular weight excluding hydrogens is 168 g/mol. The van der Waals surface area contributed by atoms with Gasteiger partial charge >= 0.3 is 0 Å². The Hall–Kier alpha value is -1.84. The predicted molar refractivity (Wildman–Crippen MR) is 52.1 cm³/mol. The number of nitrogens with zero attached hydrogens (tertiary/aromatic N) is 1. The largest absolute Gasteiger partial charge is 0.483 e. The molecule has 0 aliphatic heterocycles. The zero-order valence-electron chi connectivity index (χ0n) is 7.34. The number of nitrogens with two attached hydrogens (primary N) is 1. The molecule has 0 amide bonds. The van der Waals surface area contributed by atoms with E-state index in [1.165, 1.54) is 0 Å². The fourth-order valence-corrected chi connectivity index (χ4v) is 0.708. The smallest absolute Gasteiger partial charge is 0.290 e. The van der Waals surface area contributed by atoms with Crippen molar-refractivity contribution in [1.82, 2.24) is 4.98 Å². The fraction of sp³-hybridized carbons (Fsp3) is 0.111. The predicted octanol–water partition coefficient (Wildman–Crippen LogP) is 1.40. The Bertz CT molecular complexity index is 267. The summed E-state index contributed by atoms with van der Waals surface area (Å²) in [7, 11) is 0. The minimum atomic E-state index is -0.250. The number of anilines is 1. The molecule has 0 aliphatic rings. The van der Waals surface area contributed by atoms with Crippen molar-refractivity contribution < 1.29 is 9.90 Å². The summed E-state index contributed by atoms with van der Waals surface area (Å²) in [5.41, 5.74) is 6.47. The van der Waals surface area contributed by atoms with Crippen molar-refractivity contribution in [2.75, 3.05) is 5.73 Å². The van der Waals surface area contributed by atoms with E-state index in [9.17, 15) is 0 Å². The van der Waals surface area contributed by atoms with Gasteiger partial charge in [0.1, 0.15) is 5.82 Å². The topological polar surface area (TPSA) is 76.2 Å². The van der Waals surface area contributed by atoms with E-state index >= 15 is 0 Å². The third-order valence-corrected chi connectivity index (χ3v) is 1.17. The van der Waals surface area contributed by atoms with Crippen molar-refractivity contribution in [1.29, 1.82) is 0 Å². The molecule has 1 heterocycles. The number of aromatic nitrogens is 1. The Balaban J connectivity index is 0.000000424. The van der Waals surface area contributed by atoms with Gasteiger partial charge in [0.2, 0.25) is 0 Å². The van der Waals surface area contributed by atoms with E-state index in [1.54, 1.807) is 12.3 Å². The molecule has 1 aromatic rings. The lowest BCUT2D eigenvalue weighted by Gasteiger charge is -1.91. The molecule has 4 heteroatoms. The summed E-state index contributed by atoms with van der Waals surface area (Å²) in [5.74, 6) is 0.563. The number of hydrogen-bond acceptors (Lipinski definition) is 3. The van der Waals surface area contributed by atoms with Crippen molar-refractivity contribution in [2.24, 2.45) is 0 Å². The number of rotatable bonds is 1. The second kappa shape index (κ2) is 6.84. The minimum absolute atomic E-state index is 0.250. The molecule has 0 spiro atoms. The van der Waals surface area contributed by atoms with Crippen LogP contribution in [-0.2, 0) is 4.79 Å². The monoisotopic (exact) mass is 180 g/mol. The second-order valence-electron chi connectivity index (χ2n) is 2.12. The first-order valence-electron chi connectivity index (χ1n) is 3.66. The first kappa shape index (κ1) is 11.2. The lowest BCUT2D eigenvalue weighted by atomic mass is 10.2. The van der Waals surface area contributed by atoms with Crippen molar-refractivity contribution >= 4 is 18.4 Å². The third kappa shape index (κ3) is 5.43. The molecule has 0 aromatic carbocycles. The number of carboxylic acid groups (broad SMARTS) is 1. The van der Waals surface area contributed by atoms with Crippen LogP contribution in [0.3, 0.4) is 0 Å². The van der Waals surface area contributed by atoms with E-state index < -0.39 is 0 Å². The fourth-order valence-electron chi connectivity index (χ4n) is 0.708. The van der Waals surface area contributed by atoms with Crippen LogP contribution >= 0.6 is 0 Å². The molecule has 0 unspecified atom stereocenters. The molecule has 4 nitrogen and oxygen atoms in total. The average Bonchev–Trinajstić information content (AvgIpc) is 2.11. The second-order valence-corrected chi connectivity index (χ2v) is 2.12. The third-order valence-electron chi connectivity index (χ3n) is 1.17. The number of nitrogen functional groups attached to an aromatic ring is 1. The summed E-state index contributed by atoms with van der Waals surface area (Å²) in [4.78, 5) is 12.3.